The lowest BCUT2D eigenvalue weighted by atomic mass is 10.2. The molecule has 18 nitrogen and oxygen atoms in total. The van der Waals surface area contributed by atoms with Crippen LogP contribution in [0.25, 0.3) is 22.6 Å². The Balaban J connectivity index is 0.000000137. The van der Waals surface area contributed by atoms with E-state index in [2.05, 4.69) is 36.9 Å². The van der Waals surface area contributed by atoms with Crippen molar-refractivity contribution in [1.29, 1.82) is 0 Å². The summed E-state index contributed by atoms with van der Waals surface area (Å²) in [6.45, 7) is 3.12. The average Bonchev–Trinajstić information content (AvgIpc) is 4.35. The zero-order valence-electron chi connectivity index (χ0n) is 43.1. The molecule has 2 aromatic carbocycles. The van der Waals surface area contributed by atoms with Crippen molar-refractivity contribution in [2.24, 2.45) is 7.05 Å². The van der Waals surface area contributed by atoms with Gasteiger partial charge in [0.05, 0.1) is 48.1 Å². The molecule has 3 N–H and O–H groups in total. The number of aldehydes is 4. The fourth-order valence-corrected chi connectivity index (χ4v) is 8.33. The predicted molar refractivity (Wildman–Crippen MR) is 294 cm³/mol. The van der Waals surface area contributed by atoms with E-state index in [-0.39, 0.29) is 24.4 Å². The van der Waals surface area contributed by atoms with Gasteiger partial charge < -0.3 is 61.4 Å². The number of rotatable bonds is 10. The van der Waals surface area contributed by atoms with Gasteiger partial charge in [0, 0.05) is 40.2 Å². The number of aryl methyl sites for hydroxylation is 1. The van der Waals surface area contributed by atoms with Gasteiger partial charge in [-0.2, -0.15) is 0 Å². The highest BCUT2D eigenvalue weighted by Crippen LogP contribution is 2.34. The molecule has 408 valence electrons. The van der Waals surface area contributed by atoms with Crippen molar-refractivity contribution in [2.75, 3.05) is 44.5 Å². The molecule has 78 heavy (non-hydrogen) atoms. The monoisotopic (exact) mass is 1130 g/mol. The number of ether oxygens (including phenoxy) is 5. The maximum Gasteiger partial charge on any atom is 0.185 e. The first kappa shape index (κ1) is 57.5. The van der Waals surface area contributed by atoms with Gasteiger partial charge in [0.2, 0.25) is 0 Å². The number of hydrogen-bond acceptors (Lipinski definition) is 17. The molecule has 11 heterocycles. The first-order chi connectivity index (χ1) is 38.2. The van der Waals surface area contributed by atoms with Gasteiger partial charge >= 0.3 is 0 Å². The summed E-state index contributed by atoms with van der Waals surface area (Å²) < 4.78 is 55.3. The highest BCUT2D eigenvalue weighted by atomic mass is 79.9. The number of halogens is 1. The summed E-state index contributed by atoms with van der Waals surface area (Å²) in [5, 5.41) is 2.97. The second kappa shape index (κ2) is 30.5. The van der Waals surface area contributed by atoms with E-state index in [1.54, 1.807) is 61.1 Å². The normalized spacial score (nSPS) is 18.1. The fraction of sp³-hybridized carbons (Fsp3) is 0.271. The first-order valence-electron chi connectivity index (χ1n) is 25.2. The molecule has 2 fully saturated rings. The Morgan fingerprint density at radius 3 is 1.68 bits per heavy atom. The lowest BCUT2D eigenvalue weighted by Crippen LogP contribution is -1.93. The molecule has 0 saturated carbocycles. The summed E-state index contributed by atoms with van der Waals surface area (Å²) >= 11 is 3.05. The van der Waals surface area contributed by atoms with Gasteiger partial charge in [0.25, 0.3) is 0 Å². The third-order valence-electron chi connectivity index (χ3n) is 11.9. The zero-order valence-corrected chi connectivity index (χ0v) is 44.7. The molecule has 0 amide bonds. The number of nitrogens with one attached hydrogen (secondary N) is 1. The Morgan fingerprint density at radius 1 is 0.615 bits per heavy atom. The van der Waals surface area contributed by atoms with Crippen LogP contribution in [0.4, 0.5) is 11.4 Å². The number of anilines is 2. The Labute approximate surface area is 458 Å². The first-order valence-corrected chi connectivity index (χ1v) is 26.0. The quantitative estimate of drug-likeness (QED) is 0.0735. The number of fused-ring (bicyclic) bond motifs is 1. The molecule has 0 bridgehead atoms. The lowest BCUT2D eigenvalue weighted by molar-refractivity contribution is 0.0908. The average molecular weight is 1130 g/mol. The minimum Gasteiger partial charge on any atom is -0.501 e. The van der Waals surface area contributed by atoms with E-state index in [0.29, 0.717) is 71.0 Å². The van der Waals surface area contributed by atoms with Gasteiger partial charge in [-0.1, -0.05) is 30.3 Å². The molecule has 0 radical (unpaired) electrons. The largest absolute Gasteiger partial charge is 0.501 e. The Morgan fingerprint density at radius 2 is 1.21 bits per heavy atom. The van der Waals surface area contributed by atoms with Crippen molar-refractivity contribution in [3.05, 3.63) is 197 Å². The summed E-state index contributed by atoms with van der Waals surface area (Å²) in [5.74, 6) is 6.14. The lowest BCUT2D eigenvalue weighted by Gasteiger charge is -2.04. The number of carbonyl (C=O) groups is 4. The third kappa shape index (κ3) is 16.9. The number of para-hydroxylation sites is 4. The van der Waals surface area contributed by atoms with Crippen LogP contribution in [0.3, 0.4) is 0 Å². The van der Waals surface area contributed by atoms with Gasteiger partial charge in [0.15, 0.2) is 70.5 Å². The predicted octanol–water partition coefficient (Wildman–Crippen LogP) is 13.5. The summed E-state index contributed by atoms with van der Waals surface area (Å²) in [4.78, 5) is 45.4. The van der Waals surface area contributed by atoms with Crippen LogP contribution in [0.2, 0.25) is 0 Å². The molecule has 6 aromatic heterocycles. The van der Waals surface area contributed by atoms with Gasteiger partial charge in [-0.15, -0.1) is 0 Å². The van der Waals surface area contributed by atoms with E-state index < -0.39 is 0 Å². The Kier molecular flexibility index (Phi) is 22.5. The van der Waals surface area contributed by atoms with Crippen LogP contribution >= 0.6 is 15.9 Å². The van der Waals surface area contributed by atoms with Crippen LogP contribution in [0.15, 0.2) is 173 Å². The number of nitrogen functional groups attached to an aromatic ring is 1. The third-order valence-corrected chi connectivity index (χ3v) is 12.4. The molecule has 5 aliphatic rings. The molecular weight excluding hydrogens is 1070 g/mol. The molecule has 5 aliphatic heterocycles. The fourth-order valence-electron chi connectivity index (χ4n) is 8.01. The van der Waals surface area contributed by atoms with Crippen LogP contribution in [0.1, 0.15) is 128 Å². The van der Waals surface area contributed by atoms with Crippen molar-refractivity contribution < 1.29 is 64.9 Å². The molecular formula is C59H61BrN4O14. The molecule has 2 saturated heterocycles. The van der Waals surface area contributed by atoms with Crippen LogP contribution in [0, 0.1) is 0 Å². The standard InChI is InChI=1S/C16H16N2O2.C9H10O3.2C9H8O3.C7H10N2.C5H3BrO2.C4H6O/c1-18-12-6-3-2-5-11(12)17-16(18)15-9-8-14(20-15)13-7-4-10-19-13;3*10-6-7-3-4-9(12-7)8-2-1-5-11-8;1-9-7-5-3-2-4-6(7)8;6-5-2-1-4(3-7)8-5;1-2-4-5-3-1/h2-3,5-6,8-9,13H,4,7,10H2,1H3;3-4,6,8H,1-2,5H2;1,3-6,8H,2H2;1-4,6,8H,5H2;2-5,9H,8H2,1H3;1-3H;1,3H,2,4H2. The van der Waals surface area contributed by atoms with E-state index in [1.807, 2.05) is 93.0 Å². The van der Waals surface area contributed by atoms with Gasteiger partial charge in [0.1, 0.15) is 41.4 Å². The van der Waals surface area contributed by atoms with Gasteiger partial charge in [-0.05, 0) is 145 Å². The van der Waals surface area contributed by atoms with Crippen molar-refractivity contribution >= 4 is 63.5 Å². The van der Waals surface area contributed by atoms with Gasteiger partial charge in [-0.3, -0.25) is 19.2 Å². The van der Waals surface area contributed by atoms with E-state index in [9.17, 15) is 19.2 Å². The zero-order chi connectivity index (χ0) is 54.9. The summed E-state index contributed by atoms with van der Waals surface area (Å²) in [5.41, 5.74) is 9.44. The van der Waals surface area contributed by atoms with E-state index in [4.69, 9.17) is 51.5 Å². The van der Waals surface area contributed by atoms with Crippen LogP contribution in [-0.2, 0) is 30.7 Å². The highest BCUT2D eigenvalue weighted by Gasteiger charge is 2.24. The number of furan rings is 5. The van der Waals surface area contributed by atoms with Crippen LogP contribution in [0.5, 0.6) is 0 Å². The summed E-state index contributed by atoms with van der Waals surface area (Å²) in [6, 6.07) is 33.3. The topological polar surface area (TPSA) is 236 Å². The molecule has 0 spiro atoms. The van der Waals surface area contributed by atoms with Crippen LogP contribution in [-0.4, -0.2) is 68.2 Å². The van der Waals surface area contributed by atoms with Crippen molar-refractivity contribution in [3.8, 4) is 11.6 Å². The van der Waals surface area contributed by atoms with E-state index in [1.165, 1.54) is 0 Å². The SMILES string of the molecule is C1=COCC1.CNc1ccccc1N.Cn1c(-c2ccc(C3CCCO3)o2)nc2ccccc21.O=Cc1ccc(Br)o1.O=Cc1ccc(C2C=CCO2)o1.O=Cc1ccc(C2CC=CO2)o1.O=Cc1ccc(C2CCCO2)o1. The molecule has 4 unspecified atom stereocenters. The van der Waals surface area contributed by atoms with Crippen LogP contribution < -0.4 is 11.1 Å². The second-order valence-corrected chi connectivity index (χ2v) is 18.1. The number of imidazole rings is 1. The maximum absolute atomic E-state index is 10.3. The second-order valence-electron chi connectivity index (χ2n) is 17.3. The molecule has 4 atom stereocenters. The summed E-state index contributed by atoms with van der Waals surface area (Å²) in [7, 11) is 3.87. The molecule has 13 rings (SSSR count). The minimum absolute atomic E-state index is 0.0429. The minimum atomic E-state index is -0.112. The number of aromatic nitrogens is 2. The molecule has 8 aromatic rings. The molecule has 0 aliphatic carbocycles. The Bertz CT molecular complexity index is 3140. The number of nitrogens with zero attached hydrogens (tertiary/aromatic N) is 2. The van der Waals surface area contributed by atoms with Gasteiger partial charge in [-0.25, -0.2) is 4.98 Å². The smallest absolute Gasteiger partial charge is 0.185 e. The summed E-state index contributed by atoms with van der Waals surface area (Å²) in [6.07, 6.45) is 20.0. The number of carbonyl (C=O) groups excluding carboxylic acids is 4. The number of nitrogens with two attached hydrogens (primary N) is 1. The van der Waals surface area contributed by atoms with E-state index >= 15 is 0 Å². The van der Waals surface area contributed by atoms with E-state index in [0.717, 1.165) is 104 Å². The van der Waals surface area contributed by atoms with Crippen molar-refractivity contribution in [1.82, 2.24) is 9.55 Å². The highest BCUT2D eigenvalue weighted by molar-refractivity contribution is 9.10. The van der Waals surface area contributed by atoms with Crippen molar-refractivity contribution in [2.45, 2.75) is 62.9 Å². The maximum atomic E-state index is 10.3. The molecule has 19 heteroatoms. The number of hydrogen-bond donors (Lipinski definition) is 2. The Hall–Kier alpha value is -8.23. The number of benzene rings is 2. The van der Waals surface area contributed by atoms with Crippen molar-refractivity contribution in [3.63, 3.8) is 0 Å².